The fourth-order valence-corrected chi connectivity index (χ4v) is 1.37. The molecule has 0 atom stereocenters. The lowest BCUT2D eigenvalue weighted by Gasteiger charge is -2.19. The number of hydrogen-bond donors (Lipinski definition) is 0. The van der Waals surface area contributed by atoms with Crippen molar-refractivity contribution in [3.8, 4) is 17.2 Å². The average Bonchev–Trinajstić information content (AvgIpc) is 2.17. The molecule has 0 amide bonds. The molecule has 1 aliphatic heterocycles. The summed E-state index contributed by atoms with van der Waals surface area (Å²) in [5.41, 5.74) is 0. The lowest BCUT2D eigenvalue weighted by atomic mass is 10.3. The van der Waals surface area contributed by atoms with Crippen LogP contribution in [0.5, 0.6) is 17.2 Å². The van der Waals surface area contributed by atoms with Crippen LogP contribution in [-0.4, -0.2) is 19.3 Å². The van der Waals surface area contributed by atoms with Gasteiger partial charge in [0.25, 0.3) is 0 Å². The molecule has 0 unspecified atom stereocenters. The van der Waals surface area contributed by atoms with Crippen molar-refractivity contribution in [1.82, 2.24) is 0 Å². The first-order valence-electron chi connectivity index (χ1n) is 4.82. The molecule has 1 aliphatic rings. The van der Waals surface area contributed by atoms with Gasteiger partial charge in [-0.3, -0.25) is 0 Å². The summed E-state index contributed by atoms with van der Waals surface area (Å²) in [4.78, 5) is 0. The van der Waals surface area contributed by atoms with Crippen molar-refractivity contribution in [2.75, 3.05) is 13.2 Å². The standard InChI is InChI=1S/C11H14O3/c1-8(2)14-9-3-4-10-11(7-9)13-6-5-12-10/h3-4,7-8H,5-6H2,1-2H3. The van der Waals surface area contributed by atoms with Gasteiger partial charge in [0.1, 0.15) is 19.0 Å². The van der Waals surface area contributed by atoms with Crippen molar-refractivity contribution in [3.63, 3.8) is 0 Å². The van der Waals surface area contributed by atoms with E-state index in [1.54, 1.807) is 0 Å². The molecule has 0 N–H and O–H groups in total. The molecule has 0 aromatic heterocycles. The van der Waals surface area contributed by atoms with Gasteiger partial charge in [0.05, 0.1) is 6.10 Å². The van der Waals surface area contributed by atoms with Gasteiger partial charge in [0.2, 0.25) is 0 Å². The third-order valence-corrected chi connectivity index (χ3v) is 1.89. The molecule has 3 nitrogen and oxygen atoms in total. The molecule has 14 heavy (non-hydrogen) atoms. The molecule has 0 radical (unpaired) electrons. The van der Waals surface area contributed by atoms with Crippen LogP contribution in [0.4, 0.5) is 0 Å². The monoisotopic (exact) mass is 194 g/mol. The molecule has 0 saturated carbocycles. The van der Waals surface area contributed by atoms with Crippen molar-refractivity contribution in [3.05, 3.63) is 18.2 Å². The summed E-state index contributed by atoms with van der Waals surface area (Å²) >= 11 is 0. The molecule has 1 aromatic carbocycles. The van der Waals surface area contributed by atoms with Gasteiger partial charge in [0.15, 0.2) is 11.5 Å². The van der Waals surface area contributed by atoms with Gasteiger partial charge in [-0.1, -0.05) is 0 Å². The van der Waals surface area contributed by atoms with Crippen molar-refractivity contribution in [2.24, 2.45) is 0 Å². The highest BCUT2D eigenvalue weighted by atomic mass is 16.6. The third-order valence-electron chi connectivity index (χ3n) is 1.89. The van der Waals surface area contributed by atoms with E-state index in [1.807, 2.05) is 32.0 Å². The lowest BCUT2D eigenvalue weighted by molar-refractivity contribution is 0.169. The van der Waals surface area contributed by atoms with E-state index in [1.165, 1.54) is 0 Å². The quantitative estimate of drug-likeness (QED) is 0.722. The minimum Gasteiger partial charge on any atom is -0.491 e. The van der Waals surface area contributed by atoms with E-state index < -0.39 is 0 Å². The number of rotatable bonds is 2. The van der Waals surface area contributed by atoms with Crippen LogP contribution in [0.1, 0.15) is 13.8 Å². The topological polar surface area (TPSA) is 27.7 Å². The van der Waals surface area contributed by atoms with Crippen LogP contribution in [0.2, 0.25) is 0 Å². The summed E-state index contributed by atoms with van der Waals surface area (Å²) in [6.45, 7) is 5.23. The first kappa shape index (κ1) is 9.19. The number of ether oxygens (including phenoxy) is 3. The second-order valence-electron chi connectivity index (χ2n) is 3.47. The molecular weight excluding hydrogens is 180 g/mol. The average molecular weight is 194 g/mol. The molecule has 1 heterocycles. The zero-order valence-electron chi connectivity index (χ0n) is 8.45. The Morgan fingerprint density at radius 1 is 1.14 bits per heavy atom. The van der Waals surface area contributed by atoms with Crippen molar-refractivity contribution >= 4 is 0 Å². The van der Waals surface area contributed by atoms with Gasteiger partial charge < -0.3 is 14.2 Å². The first-order valence-corrected chi connectivity index (χ1v) is 4.82. The van der Waals surface area contributed by atoms with E-state index in [0.717, 1.165) is 17.2 Å². The maximum absolute atomic E-state index is 5.54. The van der Waals surface area contributed by atoms with E-state index in [2.05, 4.69) is 0 Å². The van der Waals surface area contributed by atoms with Crippen LogP contribution in [0.3, 0.4) is 0 Å². The van der Waals surface area contributed by atoms with Crippen LogP contribution < -0.4 is 14.2 Å². The van der Waals surface area contributed by atoms with Crippen LogP contribution in [0.25, 0.3) is 0 Å². The van der Waals surface area contributed by atoms with Gasteiger partial charge in [0, 0.05) is 6.07 Å². The predicted molar refractivity (Wildman–Crippen MR) is 53.2 cm³/mol. The Morgan fingerprint density at radius 2 is 1.86 bits per heavy atom. The Balaban J connectivity index is 2.20. The highest BCUT2D eigenvalue weighted by Gasteiger charge is 2.12. The van der Waals surface area contributed by atoms with Gasteiger partial charge in [-0.25, -0.2) is 0 Å². The maximum Gasteiger partial charge on any atom is 0.165 e. The lowest BCUT2D eigenvalue weighted by Crippen LogP contribution is -2.15. The van der Waals surface area contributed by atoms with Gasteiger partial charge in [-0.15, -0.1) is 0 Å². The molecule has 0 fully saturated rings. The molecule has 0 bridgehead atoms. The summed E-state index contributed by atoms with van der Waals surface area (Å²) < 4.78 is 16.4. The maximum atomic E-state index is 5.54. The number of benzene rings is 1. The highest BCUT2D eigenvalue weighted by Crippen LogP contribution is 2.33. The molecular formula is C11H14O3. The van der Waals surface area contributed by atoms with Crippen LogP contribution in [0, 0.1) is 0 Å². The third kappa shape index (κ3) is 1.92. The predicted octanol–water partition coefficient (Wildman–Crippen LogP) is 2.25. The Morgan fingerprint density at radius 3 is 2.57 bits per heavy atom. The van der Waals surface area contributed by atoms with Crippen molar-refractivity contribution in [1.29, 1.82) is 0 Å². The second-order valence-corrected chi connectivity index (χ2v) is 3.47. The van der Waals surface area contributed by atoms with Crippen LogP contribution in [-0.2, 0) is 0 Å². The largest absolute Gasteiger partial charge is 0.491 e. The van der Waals surface area contributed by atoms with Crippen LogP contribution in [0.15, 0.2) is 18.2 Å². The Labute approximate surface area is 83.6 Å². The molecule has 2 rings (SSSR count). The van der Waals surface area contributed by atoms with E-state index in [4.69, 9.17) is 14.2 Å². The summed E-state index contributed by atoms with van der Waals surface area (Å²) in [5.74, 6) is 2.39. The molecule has 1 aromatic rings. The molecule has 0 saturated heterocycles. The van der Waals surface area contributed by atoms with Gasteiger partial charge >= 0.3 is 0 Å². The van der Waals surface area contributed by atoms with E-state index in [9.17, 15) is 0 Å². The zero-order chi connectivity index (χ0) is 9.97. The minimum atomic E-state index is 0.178. The second kappa shape index (κ2) is 3.78. The Bertz CT molecular complexity index is 320. The fourth-order valence-electron chi connectivity index (χ4n) is 1.37. The summed E-state index contributed by atoms with van der Waals surface area (Å²) in [7, 11) is 0. The van der Waals surface area contributed by atoms with E-state index >= 15 is 0 Å². The fraction of sp³-hybridized carbons (Fsp3) is 0.455. The van der Waals surface area contributed by atoms with E-state index in [-0.39, 0.29) is 6.10 Å². The minimum absolute atomic E-state index is 0.178. The molecule has 0 aliphatic carbocycles. The van der Waals surface area contributed by atoms with Crippen molar-refractivity contribution < 1.29 is 14.2 Å². The van der Waals surface area contributed by atoms with Crippen LogP contribution >= 0.6 is 0 Å². The molecule has 3 heteroatoms. The normalized spacial score (nSPS) is 14.2. The number of fused-ring (bicyclic) bond motifs is 1. The van der Waals surface area contributed by atoms with E-state index in [0.29, 0.717) is 13.2 Å². The first-order chi connectivity index (χ1) is 6.75. The van der Waals surface area contributed by atoms with Crippen molar-refractivity contribution in [2.45, 2.75) is 20.0 Å². The Kier molecular flexibility index (Phi) is 2.48. The SMILES string of the molecule is CC(C)Oc1ccc2c(c1)OCCO2. The zero-order valence-corrected chi connectivity index (χ0v) is 8.45. The smallest absolute Gasteiger partial charge is 0.165 e. The summed E-state index contributed by atoms with van der Waals surface area (Å²) in [5, 5.41) is 0. The van der Waals surface area contributed by atoms with Gasteiger partial charge in [-0.2, -0.15) is 0 Å². The highest BCUT2D eigenvalue weighted by molar-refractivity contribution is 5.46. The molecule has 0 spiro atoms. The Hall–Kier alpha value is -1.38. The van der Waals surface area contributed by atoms with Gasteiger partial charge in [-0.05, 0) is 26.0 Å². The summed E-state index contributed by atoms with van der Waals surface area (Å²) in [6, 6.07) is 5.65. The molecule has 76 valence electrons. The summed E-state index contributed by atoms with van der Waals surface area (Å²) in [6.07, 6.45) is 0.178. The number of hydrogen-bond acceptors (Lipinski definition) is 3.